The van der Waals surface area contributed by atoms with Gasteiger partial charge in [-0.3, -0.25) is 4.57 Å². The molecule has 0 saturated heterocycles. The van der Waals surface area contributed by atoms with Crippen molar-refractivity contribution in [2.75, 3.05) is 32.8 Å². The van der Waals surface area contributed by atoms with Gasteiger partial charge in [-0.05, 0) is 48.9 Å². The van der Waals surface area contributed by atoms with E-state index in [-0.39, 0.29) is 17.2 Å². The number of halogens is 1. The zero-order chi connectivity index (χ0) is 26.0. The molecule has 0 bridgehead atoms. The molecule has 4 rings (SSSR count). The number of pyridine rings is 1. The predicted molar refractivity (Wildman–Crippen MR) is 134 cm³/mol. The van der Waals surface area contributed by atoms with E-state index >= 15 is 0 Å². The van der Waals surface area contributed by atoms with Gasteiger partial charge in [-0.25, -0.2) is 22.6 Å². The third-order valence-corrected chi connectivity index (χ3v) is 6.58. The molecule has 0 saturated carbocycles. The second kappa shape index (κ2) is 10.0. The van der Waals surface area contributed by atoms with Crippen LogP contribution >= 0.6 is 0 Å². The minimum absolute atomic E-state index is 0.192. The molecule has 190 valence electrons. The summed E-state index contributed by atoms with van der Waals surface area (Å²) in [5, 5.41) is 0. The van der Waals surface area contributed by atoms with E-state index in [0.29, 0.717) is 40.4 Å². The summed E-state index contributed by atoms with van der Waals surface area (Å²) in [7, 11) is -0.622. The molecule has 0 aliphatic carbocycles. The van der Waals surface area contributed by atoms with Gasteiger partial charge >= 0.3 is 5.69 Å². The molecule has 0 radical (unpaired) electrons. The second-order valence-electron chi connectivity index (χ2n) is 8.13. The van der Waals surface area contributed by atoms with Gasteiger partial charge in [0.05, 0.1) is 54.9 Å². The van der Waals surface area contributed by atoms with Crippen LogP contribution < -0.4 is 19.9 Å². The van der Waals surface area contributed by atoms with Gasteiger partial charge in [-0.15, -0.1) is 0 Å². The SMILES string of the molecule is CCOc1nc([C@@H](CS(C)(=O)=O)n2c(=O)[nH]c3cc(-c4c(F)cccc4OC)ccc32)ccc1OC. The van der Waals surface area contributed by atoms with Crippen molar-refractivity contribution in [3.05, 3.63) is 70.5 Å². The Labute approximate surface area is 207 Å². The maximum absolute atomic E-state index is 14.7. The fourth-order valence-corrected chi connectivity index (χ4v) is 5.05. The first-order valence-electron chi connectivity index (χ1n) is 11.1. The van der Waals surface area contributed by atoms with Gasteiger partial charge in [0, 0.05) is 6.26 Å². The van der Waals surface area contributed by atoms with E-state index in [9.17, 15) is 17.6 Å². The minimum atomic E-state index is -3.54. The third kappa shape index (κ3) is 4.92. The Morgan fingerprint density at radius 1 is 1.08 bits per heavy atom. The van der Waals surface area contributed by atoms with Crippen LogP contribution in [0.5, 0.6) is 17.4 Å². The van der Waals surface area contributed by atoms with Crippen LogP contribution in [0.1, 0.15) is 18.7 Å². The van der Waals surface area contributed by atoms with E-state index in [2.05, 4.69) is 9.97 Å². The lowest BCUT2D eigenvalue weighted by Crippen LogP contribution is -2.29. The van der Waals surface area contributed by atoms with Crippen LogP contribution in [0.3, 0.4) is 0 Å². The highest BCUT2D eigenvalue weighted by Crippen LogP contribution is 2.35. The van der Waals surface area contributed by atoms with Crippen molar-refractivity contribution in [1.82, 2.24) is 14.5 Å². The molecule has 36 heavy (non-hydrogen) atoms. The highest BCUT2D eigenvalue weighted by Gasteiger charge is 2.26. The molecule has 4 aromatic rings. The Kier molecular flexibility index (Phi) is 7.02. The number of benzene rings is 2. The molecule has 2 aromatic carbocycles. The Balaban J connectivity index is 1.90. The Hall–Kier alpha value is -3.86. The van der Waals surface area contributed by atoms with Crippen molar-refractivity contribution in [2.45, 2.75) is 13.0 Å². The molecular formula is C25H26FN3O6S. The molecule has 0 amide bonds. The quantitative estimate of drug-likeness (QED) is 0.363. The number of fused-ring (bicyclic) bond motifs is 1. The first kappa shape index (κ1) is 25.2. The van der Waals surface area contributed by atoms with Gasteiger partial charge in [0.2, 0.25) is 0 Å². The number of H-pyrrole nitrogens is 1. The minimum Gasteiger partial charge on any atom is -0.496 e. The fourth-order valence-electron chi connectivity index (χ4n) is 4.15. The highest BCUT2D eigenvalue weighted by atomic mass is 32.2. The highest BCUT2D eigenvalue weighted by molar-refractivity contribution is 7.90. The van der Waals surface area contributed by atoms with Gasteiger partial charge in [0.1, 0.15) is 21.4 Å². The van der Waals surface area contributed by atoms with Crippen LogP contribution in [0.2, 0.25) is 0 Å². The average Bonchev–Trinajstić information content (AvgIpc) is 3.16. The lowest BCUT2D eigenvalue weighted by molar-refractivity contribution is 0.296. The van der Waals surface area contributed by atoms with E-state index < -0.39 is 27.4 Å². The van der Waals surface area contributed by atoms with Crippen LogP contribution in [0.15, 0.2) is 53.3 Å². The van der Waals surface area contributed by atoms with E-state index in [0.717, 1.165) is 6.26 Å². The van der Waals surface area contributed by atoms with Crippen molar-refractivity contribution >= 4 is 20.9 Å². The fraction of sp³-hybridized carbons (Fsp3) is 0.280. The molecule has 0 fully saturated rings. The molecule has 0 aliphatic rings. The molecule has 1 N–H and O–H groups in total. The van der Waals surface area contributed by atoms with Gasteiger partial charge in [-0.1, -0.05) is 12.1 Å². The van der Waals surface area contributed by atoms with Crippen LogP contribution in [0, 0.1) is 5.82 Å². The molecule has 0 unspecified atom stereocenters. The van der Waals surface area contributed by atoms with Crippen molar-refractivity contribution in [1.29, 1.82) is 0 Å². The Morgan fingerprint density at radius 3 is 2.50 bits per heavy atom. The average molecular weight is 516 g/mol. The molecule has 1 atom stereocenters. The summed E-state index contributed by atoms with van der Waals surface area (Å²) in [6.45, 7) is 2.10. The molecule has 2 aromatic heterocycles. The van der Waals surface area contributed by atoms with Crippen molar-refractivity contribution < 1.29 is 27.0 Å². The predicted octanol–water partition coefficient (Wildman–Crippen LogP) is 3.58. The van der Waals surface area contributed by atoms with Crippen molar-refractivity contribution in [3.63, 3.8) is 0 Å². The third-order valence-electron chi connectivity index (χ3n) is 5.66. The number of rotatable bonds is 9. The molecule has 11 heteroatoms. The molecule has 0 spiro atoms. The van der Waals surface area contributed by atoms with Crippen LogP contribution in [-0.2, 0) is 9.84 Å². The zero-order valence-electron chi connectivity index (χ0n) is 20.2. The number of hydrogen-bond acceptors (Lipinski definition) is 7. The largest absolute Gasteiger partial charge is 0.496 e. The van der Waals surface area contributed by atoms with E-state index in [4.69, 9.17) is 14.2 Å². The van der Waals surface area contributed by atoms with Gasteiger partial charge in [0.15, 0.2) is 5.75 Å². The number of nitrogens with zero attached hydrogens (tertiary/aromatic N) is 2. The first-order valence-corrected chi connectivity index (χ1v) is 13.2. The summed E-state index contributed by atoms with van der Waals surface area (Å²) in [6.07, 6.45) is 1.09. The monoisotopic (exact) mass is 515 g/mol. The normalized spacial score (nSPS) is 12.5. The summed E-state index contributed by atoms with van der Waals surface area (Å²) in [4.78, 5) is 20.4. The lowest BCUT2D eigenvalue weighted by atomic mass is 10.0. The molecule has 9 nitrogen and oxygen atoms in total. The summed E-state index contributed by atoms with van der Waals surface area (Å²) in [6, 6.07) is 11.7. The van der Waals surface area contributed by atoms with E-state index in [1.807, 2.05) is 0 Å². The topological polar surface area (TPSA) is 113 Å². The summed E-state index contributed by atoms with van der Waals surface area (Å²) < 4.78 is 56.9. The Morgan fingerprint density at radius 2 is 1.83 bits per heavy atom. The molecule has 2 heterocycles. The van der Waals surface area contributed by atoms with Gasteiger partial charge < -0.3 is 19.2 Å². The number of aromatic nitrogens is 3. The van der Waals surface area contributed by atoms with Crippen LogP contribution in [0.25, 0.3) is 22.2 Å². The lowest BCUT2D eigenvalue weighted by Gasteiger charge is -2.19. The smallest absolute Gasteiger partial charge is 0.327 e. The number of aromatic amines is 1. The number of hydrogen-bond donors (Lipinski definition) is 1. The van der Waals surface area contributed by atoms with Crippen molar-refractivity contribution in [3.8, 4) is 28.5 Å². The number of ether oxygens (including phenoxy) is 3. The van der Waals surface area contributed by atoms with Crippen LogP contribution in [0.4, 0.5) is 4.39 Å². The summed E-state index contributed by atoms with van der Waals surface area (Å²) in [5.41, 5.74) is 1.36. The number of methoxy groups -OCH3 is 2. The summed E-state index contributed by atoms with van der Waals surface area (Å²) in [5.74, 6) is 0.0627. The van der Waals surface area contributed by atoms with Gasteiger partial charge in [0.25, 0.3) is 5.88 Å². The van der Waals surface area contributed by atoms with Crippen molar-refractivity contribution in [2.24, 2.45) is 0 Å². The Bertz CT molecular complexity index is 1580. The number of imidazole rings is 1. The maximum Gasteiger partial charge on any atom is 0.327 e. The number of sulfone groups is 1. The molecule has 0 aliphatic heterocycles. The van der Waals surface area contributed by atoms with E-state index in [1.54, 1.807) is 49.4 Å². The van der Waals surface area contributed by atoms with Crippen LogP contribution in [-0.4, -0.2) is 55.8 Å². The second-order valence-corrected chi connectivity index (χ2v) is 10.3. The molecular weight excluding hydrogens is 489 g/mol. The van der Waals surface area contributed by atoms with E-state index in [1.165, 1.54) is 24.9 Å². The standard InChI is InChI=1S/C25H26FN3O6S/c1-5-35-24-22(34-3)12-10-17(27-24)20(14-36(4,31)32)29-19-11-9-15(13-18(19)28-25(29)30)23-16(26)7-6-8-21(23)33-2/h6-13,20H,5,14H2,1-4H3,(H,28,30)/t20-/m1/s1. The maximum atomic E-state index is 14.7. The van der Waals surface area contributed by atoms with Gasteiger partial charge in [-0.2, -0.15) is 0 Å². The first-order chi connectivity index (χ1) is 17.2. The number of nitrogens with one attached hydrogen (secondary N) is 1. The zero-order valence-corrected chi connectivity index (χ0v) is 21.1. The summed E-state index contributed by atoms with van der Waals surface area (Å²) >= 11 is 0.